The minimum atomic E-state index is -0.592. The molecule has 0 spiro atoms. The van der Waals surface area contributed by atoms with Crippen LogP contribution in [0.2, 0.25) is 0 Å². The fourth-order valence-electron chi connectivity index (χ4n) is 12.4. The van der Waals surface area contributed by atoms with Gasteiger partial charge in [0.25, 0.3) is 0 Å². The number of ether oxygens (including phenoxy) is 7. The van der Waals surface area contributed by atoms with Crippen LogP contribution in [-0.4, -0.2) is 80.9 Å². The van der Waals surface area contributed by atoms with Gasteiger partial charge in [-0.2, -0.15) is 0 Å². The minimum Gasteiger partial charge on any atom is -0.465 e. The summed E-state index contributed by atoms with van der Waals surface area (Å²) in [7, 11) is 1.30. The van der Waals surface area contributed by atoms with Crippen LogP contribution in [0.4, 0.5) is 67.0 Å². The van der Waals surface area contributed by atoms with Gasteiger partial charge in [-0.05, 0) is 169 Å². The number of hydrogen-bond acceptors (Lipinski definition) is 29. The number of nitrogens with two attached hydrogens (primary N) is 8. The van der Waals surface area contributed by atoms with E-state index < -0.39 is 47.4 Å². The molecule has 15 rings (SSSR count). The van der Waals surface area contributed by atoms with Gasteiger partial charge in [-0.3, -0.25) is 0 Å². The molecule has 0 radical (unpaired) electrons. The van der Waals surface area contributed by atoms with Crippen LogP contribution in [0.3, 0.4) is 0 Å². The number of anilines is 8. The number of thiophene rings is 7. The van der Waals surface area contributed by atoms with Crippen molar-refractivity contribution in [1.29, 1.82) is 0 Å². The molecule has 0 saturated carbocycles. The molecule has 137 heavy (non-hydrogen) atoms. The van der Waals surface area contributed by atoms with Crippen LogP contribution in [0.15, 0.2) is 251 Å². The molecule has 0 bridgehead atoms. The summed E-state index contributed by atoms with van der Waals surface area (Å²) in [6.45, 7) is 17.9. The molecule has 714 valence electrons. The van der Waals surface area contributed by atoms with Gasteiger partial charge in [0.05, 0.1) is 26.9 Å². The van der Waals surface area contributed by atoms with Gasteiger partial charge in [-0.25, -0.2) is 59.9 Å². The van der Waals surface area contributed by atoms with E-state index in [0.717, 1.165) is 62.9 Å². The summed E-state index contributed by atoms with van der Waals surface area (Å²) in [5.74, 6) is -4.86. The molecule has 0 aliphatic carbocycles. The molecule has 0 amide bonds. The number of carbonyl (C=O) groups excluding carboxylic acids is 7. The molecular formula is C102H98F6N8O14S7. The Bertz CT molecular complexity index is 6570. The maximum absolute atomic E-state index is 13.1. The molecule has 0 unspecified atom stereocenters. The molecule has 22 nitrogen and oxygen atoms in total. The van der Waals surface area contributed by atoms with Crippen LogP contribution >= 0.6 is 79.4 Å². The molecule has 35 heteroatoms. The average Bonchev–Trinajstić information content (AvgIpc) is 1.71. The number of esters is 7. The average molecular weight is 2000 g/mol. The summed E-state index contributed by atoms with van der Waals surface area (Å²) < 4.78 is 114. The number of methoxy groups -OCH3 is 1. The van der Waals surface area contributed by atoms with E-state index in [9.17, 15) is 59.9 Å². The van der Waals surface area contributed by atoms with Crippen molar-refractivity contribution in [1.82, 2.24) is 0 Å². The van der Waals surface area contributed by atoms with Gasteiger partial charge in [-0.15, -0.1) is 79.4 Å². The third kappa shape index (κ3) is 30.3. The first-order valence-corrected chi connectivity index (χ1v) is 47.9. The molecular weight excluding hydrogens is 1900 g/mol. The van der Waals surface area contributed by atoms with Crippen molar-refractivity contribution in [2.75, 3.05) is 79.4 Å². The Morgan fingerprint density at radius 3 is 0.920 bits per heavy atom. The van der Waals surface area contributed by atoms with Gasteiger partial charge < -0.3 is 79.0 Å². The van der Waals surface area contributed by atoms with E-state index in [1.807, 2.05) is 74.7 Å². The molecule has 7 aromatic heterocycles. The van der Waals surface area contributed by atoms with Gasteiger partial charge >= 0.3 is 41.8 Å². The second-order valence-corrected chi connectivity index (χ2v) is 36.9. The Hall–Kier alpha value is -14.3. The summed E-state index contributed by atoms with van der Waals surface area (Å²) in [6.07, 6.45) is 3.26. The highest BCUT2D eigenvalue weighted by Gasteiger charge is 2.29. The van der Waals surface area contributed by atoms with E-state index in [0.29, 0.717) is 133 Å². The predicted molar refractivity (Wildman–Crippen MR) is 542 cm³/mol. The number of rotatable bonds is 24. The van der Waals surface area contributed by atoms with Gasteiger partial charge in [0.15, 0.2) is 0 Å². The largest absolute Gasteiger partial charge is 0.465 e. The summed E-state index contributed by atoms with van der Waals surface area (Å²) in [6, 6.07) is 52.3. The van der Waals surface area contributed by atoms with Crippen molar-refractivity contribution < 1.29 is 93.1 Å². The highest BCUT2D eigenvalue weighted by molar-refractivity contribution is 7.17. The second-order valence-electron chi connectivity index (χ2n) is 30.5. The lowest BCUT2D eigenvalue weighted by Gasteiger charge is -2.20. The summed E-state index contributed by atoms with van der Waals surface area (Å²) in [5.41, 5.74) is 60.1. The van der Waals surface area contributed by atoms with Crippen molar-refractivity contribution in [3.05, 3.63) is 330 Å². The third-order valence-corrected chi connectivity index (χ3v) is 24.7. The summed E-state index contributed by atoms with van der Waals surface area (Å²) in [5, 5.41) is 15.4. The number of carbonyl (C=O) groups is 7. The number of benzene rings is 8. The van der Waals surface area contributed by atoms with Crippen molar-refractivity contribution in [2.24, 2.45) is 5.92 Å². The van der Waals surface area contributed by atoms with E-state index in [2.05, 4.69) is 11.3 Å². The molecule has 0 fully saturated rings. The lowest BCUT2D eigenvalue weighted by atomic mass is 10.0. The zero-order chi connectivity index (χ0) is 99.7. The van der Waals surface area contributed by atoms with E-state index in [1.54, 1.807) is 139 Å². The Morgan fingerprint density at radius 2 is 0.635 bits per heavy atom. The molecule has 16 N–H and O–H groups in total. The first-order chi connectivity index (χ1) is 65.4. The van der Waals surface area contributed by atoms with Gasteiger partial charge in [0.2, 0.25) is 0 Å². The molecule has 0 aliphatic rings. The van der Waals surface area contributed by atoms with Crippen molar-refractivity contribution in [3.8, 4) is 77.9 Å². The third-order valence-electron chi connectivity index (χ3n) is 19.0. The van der Waals surface area contributed by atoms with Gasteiger partial charge in [0, 0.05) is 82.3 Å². The van der Waals surface area contributed by atoms with Crippen LogP contribution in [0.25, 0.3) is 77.9 Å². The monoisotopic (exact) mass is 2000 g/mol. The summed E-state index contributed by atoms with van der Waals surface area (Å²) in [4.78, 5) is 84.2. The molecule has 15 aromatic rings. The quantitative estimate of drug-likeness (QED) is 0.00695. The first kappa shape index (κ1) is 106. The first-order valence-electron chi connectivity index (χ1n) is 41.8. The Kier molecular flexibility index (Phi) is 39.9. The van der Waals surface area contributed by atoms with Crippen LogP contribution in [0.5, 0.6) is 0 Å². The smallest absolute Gasteiger partial charge is 0.342 e. The van der Waals surface area contributed by atoms with Crippen molar-refractivity contribution in [3.63, 3.8) is 0 Å². The fourth-order valence-corrected chi connectivity index (χ4v) is 18.1. The summed E-state index contributed by atoms with van der Waals surface area (Å²) >= 11 is 8.92. The van der Waals surface area contributed by atoms with E-state index in [1.165, 1.54) is 165 Å². The molecule has 0 atom stereocenters. The SMILES string of the molecule is C=CCOC(=O)c1c(-c2ccc(F)cc2)csc1N.CC(C)(C)OC(=O)c1c(-c2ccc(F)cc2)csc1N.CC(C)COC(=O)c1c(-c2ccc(F)cc2)csc1N.CCCCOC(=O)c1c(-c2ccc(F)cc2)csc1N.CCOC(=O)c1c(-c2cccc(N)c2)csc1N.COC(=O)c1c(-c2ccc(F)cc2)csc1N.Nc1scc(-c2ccc(F)cc2)c1C(=O)OCc1ccccc1. The van der Waals surface area contributed by atoms with Crippen molar-refractivity contribution in [2.45, 2.75) is 73.5 Å². The van der Waals surface area contributed by atoms with E-state index in [4.69, 9.17) is 74.3 Å². The molecule has 0 saturated heterocycles. The highest BCUT2D eigenvalue weighted by atomic mass is 32.1. The molecule has 0 aliphatic heterocycles. The maximum atomic E-state index is 13.1. The van der Waals surface area contributed by atoms with Crippen LogP contribution < -0.4 is 45.9 Å². The normalized spacial score (nSPS) is 10.6. The van der Waals surface area contributed by atoms with E-state index in [-0.39, 0.29) is 54.0 Å². The van der Waals surface area contributed by atoms with E-state index >= 15 is 0 Å². The number of nitrogen functional groups attached to an aromatic ring is 8. The van der Waals surface area contributed by atoms with Crippen LogP contribution in [-0.2, 0) is 39.8 Å². The second kappa shape index (κ2) is 51.4. The predicted octanol–water partition coefficient (Wildman–Crippen LogP) is 25.8. The highest BCUT2D eigenvalue weighted by Crippen LogP contribution is 2.42. The Balaban J connectivity index is 0.000000179. The zero-order valence-corrected chi connectivity index (χ0v) is 81.1. The zero-order valence-electron chi connectivity index (χ0n) is 75.4. The lowest BCUT2D eigenvalue weighted by Crippen LogP contribution is -2.24. The number of halogens is 6. The topological polar surface area (TPSA) is 392 Å². The Morgan fingerprint density at radius 1 is 0.350 bits per heavy atom. The minimum absolute atomic E-state index is 0.122. The maximum Gasteiger partial charge on any atom is 0.342 e. The number of hydrogen-bond donors (Lipinski definition) is 8. The van der Waals surface area contributed by atoms with Crippen molar-refractivity contribution >= 4 is 162 Å². The van der Waals surface area contributed by atoms with Gasteiger partial charge in [-0.1, -0.05) is 155 Å². The molecule has 7 heterocycles. The van der Waals surface area contributed by atoms with Crippen LogP contribution in [0, 0.1) is 40.8 Å². The fraction of sp³-hybridized carbons (Fsp3) is 0.167. The van der Waals surface area contributed by atoms with Crippen LogP contribution in [0.1, 0.15) is 139 Å². The van der Waals surface area contributed by atoms with Gasteiger partial charge in [0.1, 0.15) is 128 Å². The standard InChI is InChI=1S/C18H14FNO2S.3C15H16FNO2S.C14H12FNO2S.C13H14N2O2S.C12H10FNO2S/c19-14-8-6-13(7-9-14)15-11-23-17(20)16(15)18(21)22-10-12-4-2-1-3-5-12;1-15(2,3)19-14(18)12-11(8-20-13(12)17)9-4-6-10(16)7-5-9;1-9(2)7-19-15(18)13-12(8-20-14(13)17)10-3-5-11(16)6-4-10;1-2-3-8-19-15(18)13-12(9-20-14(13)17)10-4-6-11(16)7-5-10;1-2-7-18-14(17)12-11(8-19-13(12)16)9-3-5-10(15)6-4-9;1-2-17-13(16)11-10(7-18-12(11)15)8-4-3-5-9(14)6-8;1-16-12(15)10-9(6-17-11(10)14)7-2-4-8(13)5-3-7/h1-9,11H,10,20H2;4-8H,17H2,1-3H3;3-6,8-9H,7,17H2,1-2H3;4-7,9H,2-3,8,17H2,1H3;2-6,8H,1,7,16H2;3-7H,2,14-15H2,1H3;2-6H,14H2,1H3. The number of unbranched alkanes of at least 4 members (excludes halogenated alkanes) is 1. The molecule has 8 aromatic carbocycles. The lowest BCUT2D eigenvalue weighted by molar-refractivity contribution is 0.00705. The Labute approximate surface area is 815 Å².